The van der Waals surface area contributed by atoms with Gasteiger partial charge >= 0.3 is 0 Å². The van der Waals surface area contributed by atoms with E-state index < -0.39 is 35.1 Å². The minimum absolute atomic E-state index is 0.0707. The standard InChI is InChI=1S/C23H16F2N2O4/c1-31-18-7-4-15(25)12-17(18)21(28)19-20(13-8-10-26-11-9-13)27(23(30)22(19)29)16-5-2-14(24)3-6-16/h2-12,20,28H,1H3/b21-19+. The van der Waals surface area contributed by atoms with Crippen molar-refractivity contribution in [2.24, 2.45) is 0 Å². The van der Waals surface area contributed by atoms with E-state index >= 15 is 0 Å². The number of halogens is 2. The lowest BCUT2D eigenvalue weighted by molar-refractivity contribution is -0.132. The molecule has 1 aromatic heterocycles. The Morgan fingerprint density at radius 2 is 1.65 bits per heavy atom. The molecule has 2 heterocycles. The van der Waals surface area contributed by atoms with Gasteiger partial charge in [0.1, 0.15) is 23.1 Å². The van der Waals surface area contributed by atoms with Gasteiger partial charge in [0.25, 0.3) is 11.7 Å². The predicted octanol–water partition coefficient (Wildman–Crippen LogP) is 3.99. The van der Waals surface area contributed by atoms with Gasteiger partial charge in [-0.05, 0) is 60.2 Å². The molecule has 1 atom stereocenters. The number of carbonyl (C=O) groups excluding carboxylic acids is 2. The number of Topliss-reactive ketones (excluding diaryl/α,β-unsaturated/α-hetero) is 1. The number of benzene rings is 2. The van der Waals surface area contributed by atoms with Gasteiger partial charge in [0.2, 0.25) is 0 Å². The predicted molar refractivity (Wildman–Crippen MR) is 108 cm³/mol. The Labute approximate surface area is 176 Å². The van der Waals surface area contributed by atoms with Gasteiger partial charge in [0, 0.05) is 18.1 Å². The number of methoxy groups -OCH3 is 1. The Hall–Kier alpha value is -4.07. The van der Waals surface area contributed by atoms with Gasteiger partial charge in [0.05, 0.1) is 24.3 Å². The van der Waals surface area contributed by atoms with Crippen molar-refractivity contribution in [1.82, 2.24) is 4.98 Å². The lowest BCUT2D eigenvalue weighted by atomic mass is 9.95. The van der Waals surface area contributed by atoms with E-state index in [1.165, 1.54) is 37.7 Å². The van der Waals surface area contributed by atoms with E-state index in [-0.39, 0.29) is 22.6 Å². The fourth-order valence-electron chi connectivity index (χ4n) is 3.57. The average Bonchev–Trinajstić information content (AvgIpc) is 3.05. The first kappa shape index (κ1) is 20.2. The molecule has 1 saturated heterocycles. The molecule has 0 bridgehead atoms. The van der Waals surface area contributed by atoms with Crippen molar-refractivity contribution in [2.45, 2.75) is 6.04 Å². The molecule has 8 heteroatoms. The molecular formula is C23H16F2N2O4. The Morgan fingerprint density at radius 3 is 2.29 bits per heavy atom. The Morgan fingerprint density at radius 1 is 1.00 bits per heavy atom. The van der Waals surface area contributed by atoms with Gasteiger partial charge < -0.3 is 9.84 Å². The SMILES string of the molecule is COc1ccc(F)cc1/C(O)=C1\C(=O)C(=O)N(c2ccc(F)cc2)C1c1ccncc1. The number of amides is 1. The van der Waals surface area contributed by atoms with E-state index in [1.807, 2.05) is 0 Å². The summed E-state index contributed by atoms with van der Waals surface area (Å²) in [6.45, 7) is 0. The highest BCUT2D eigenvalue weighted by atomic mass is 19.1. The van der Waals surface area contributed by atoms with Gasteiger partial charge in [-0.1, -0.05) is 0 Å². The summed E-state index contributed by atoms with van der Waals surface area (Å²) in [5.41, 5.74) is 0.425. The topological polar surface area (TPSA) is 79.7 Å². The number of aromatic nitrogens is 1. The summed E-state index contributed by atoms with van der Waals surface area (Å²) in [4.78, 5) is 31.1. The molecule has 1 fully saturated rings. The third kappa shape index (κ3) is 3.52. The number of ketones is 1. The Kier molecular flexibility index (Phi) is 5.21. The fraction of sp³-hybridized carbons (Fsp3) is 0.0870. The third-order valence-electron chi connectivity index (χ3n) is 4.99. The molecule has 0 radical (unpaired) electrons. The van der Waals surface area contributed by atoms with Crippen molar-refractivity contribution in [3.63, 3.8) is 0 Å². The maximum atomic E-state index is 13.9. The molecule has 0 spiro atoms. The van der Waals surface area contributed by atoms with Crippen LogP contribution in [0.2, 0.25) is 0 Å². The lowest BCUT2D eigenvalue weighted by Crippen LogP contribution is -2.29. The first-order valence-electron chi connectivity index (χ1n) is 9.22. The molecule has 156 valence electrons. The van der Waals surface area contributed by atoms with Crippen molar-refractivity contribution in [2.75, 3.05) is 12.0 Å². The average molecular weight is 422 g/mol. The highest BCUT2D eigenvalue weighted by Gasteiger charge is 2.47. The molecule has 3 aromatic rings. The van der Waals surface area contributed by atoms with Gasteiger partial charge in [0.15, 0.2) is 0 Å². The van der Waals surface area contributed by atoms with Gasteiger partial charge in [-0.3, -0.25) is 19.5 Å². The minimum atomic E-state index is -1.04. The largest absolute Gasteiger partial charge is 0.507 e. The molecule has 0 saturated carbocycles. The van der Waals surface area contributed by atoms with E-state index in [0.29, 0.717) is 5.56 Å². The molecule has 1 N–H and O–H groups in total. The number of aliphatic hydroxyl groups is 1. The molecule has 2 aromatic carbocycles. The van der Waals surface area contributed by atoms with Crippen LogP contribution in [0, 0.1) is 11.6 Å². The summed E-state index contributed by atoms with van der Waals surface area (Å²) >= 11 is 0. The zero-order valence-electron chi connectivity index (χ0n) is 16.3. The minimum Gasteiger partial charge on any atom is -0.507 e. The number of ether oxygens (including phenoxy) is 1. The summed E-state index contributed by atoms with van der Waals surface area (Å²) in [7, 11) is 1.33. The second-order valence-electron chi connectivity index (χ2n) is 6.77. The number of aliphatic hydroxyl groups excluding tert-OH is 1. The molecule has 0 aliphatic carbocycles. The van der Waals surface area contributed by atoms with Gasteiger partial charge in [-0.2, -0.15) is 0 Å². The summed E-state index contributed by atoms with van der Waals surface area (Å²) in [5, 5.41) is 11.0. The summed E-state index contributed by atoms with van der Waals surface area (Å²) in [6.07, 6.45) is 2.95. The second kappa shape index (κ2) is 7.98. The summed E-state index contributed by atoms with van der Waals surface area (Å²) in [6, 6.07) is 10.6. The normalized spacial score (nSPS) is 17.8. The maximum Gasteiger partial charge on any atom is 0.300 e. The van der Waals surface area contributed by atoms with E-state index in [0.717, 1.165) is 29.2 Å². The van der Waals surface area contributed by atoms with E-state index in [9.17, 15) is 23.5 Å². The van der Waals surface area contributed by atoms with Crippen LogP contribution in [0.15, 0.2) is 72.6 Å². The number of rotatable bonds is 4. The molecule has 4 rings (SSSR count). The van der Waals surface area contributed by atoms with E-state index in [4.69, 9.17) is 4.74 Å². The molecular weight excluding hydrogens is 406 g/mol. The van der Waals surface area contributed by atoms with E-state index in [2.05, 4.69) is 4.98 Å². The molecule has 1 amide bonds. The lowest BCUT2D eigenvalue weighted by Gasteiger charge is -2.25. The van der Waals surface area contributed by atoms with Gasteiger partial charge in [-0.25, -0.2) is 8.78 Å². The smallest absolute Gasteiger partial charge is 0.300 e. The van der Waals surface area contributed by atoms with Crippen LogP contribution in [-0.4, -0.2) is 28.9 Å². The monoisotopic (exact) mass is 422 g/mol. The van der Waals surface area contributed by atoms with Crippen molar-refractivity contribution in [1.29, 1.82) is 0 Å². The van der Waals surface area contributed by atoms with Crippen LogP contribution in [0.4, 0.5) is 14.5 Å². The fourth-order valence-corrected chi connectivity index (χ4v) is 3.57. The zero-order valence-corrected chi connectivity index (χ0v) is 16.3. The molecule has 6 nitrogen and oxygen atoms in total. The number of anilines is 1. The Bertz CT molecular complexity index is 1190. The van der Waals surface area contributed by atoms with Crippen LogP contribution in [-0.2, 0) is 9.59 Å². The summed E-state index contributed by atoms with van der Waals surface area (Å²) < 4.78 is 32.5. The van der Waals surface area contributed by atoms with Crippen molar-refractivity contribution >= 4 is 23.1 Å². The molecule has 1 aliphatic heterocycles. The van der Waals surface area contributed by atoms with Gasteiger partial charge in [-0.15, -0.1) is 0 Å². The zero-order chi connectivity index (χ0) is 22.1. The first-order valence-corrected chi connectivity index (χ1v) is 9.22. The molecule has 1 aliphatic rings. The Balaban J connectivity index is 1.97. The molecule has 1 unspecified atom stereocenters. The van der Waals surface area contributed by atoms with Crippen LogP contribution in [0.1, 0.15) is 17.2 Å². The summed E-state index contributed by atoms with van der Waals surface area (Å²) in [5.74, 6) is -3.50. The maximum absolute atomic E-state index is 13.9. The number of hydrogen-bond donors (Lipinski definition) is 1. The number of hydrogen-bond acceptors (Lipinski definition) is 5. The number of nitrogens with zero attached hydrogens (tertiary/aromatic N) is 2. The molecule has 31 heavy (non-hydrogen) atoms. The quantitative estimate of drug-likeness (QED) is 0.391. The van der Waals surface area contributed by atoms with Crippen LogP contribution >= 0.6 is 0 Å². The van der Waals surface area contributed by atoms with Crippen molar-refractivity contribution in [3.05, 3.63) is 95.3 Å². The van der Waals surface area contributed by atoms with Crippen molar-refractivity contribution < 1.29 is 28.2 Å². The van der Waals surface area contributed by atoms with Crippen molar-refractivity contribution in [3.8, 4) is 5.75 Å². The van der Waals surface area contributed by atoms with Crippen LogP contribution in [0.3, 0.4) is 0 Å². The third-order valence-corrected chi connectivity index (χ3v) is 4.99. The first-order chi connectivity index (χ1) is 14.9. The highest BCUT2D eigenvalue weighted by Crippen LogP contribution is 2.43. The van der Waals surface area contributed by atoms with Crippen LogP contribution in [0.5, 0.6) is 5.75 Å². The second-order valence-corrected chi connectivity index (χ2v) is 6.77. The number of pyridine rings is 1. The number of carbonyl (C=O) groups is 2. The van der Waals surface area contributed by atoms with Crippen LogP contribution in [0.25, 0.3) is 5.76 Å². The van der Waals surface area contributed by atoms with Crippen LogP contribution < -0.4 is 9.64 Å². The van der Waals surface area contributed by atoms with E-state index in [1.54, 1.807) is 12.1 Å². The highest BCUT2D eigenvalue weighted by molar-refractivity contribution is 6.51.